The Kier molecular flexibility index (Phi) is 5.77. The van der Waals surface area contributed by atoms with Crippen molar-refractivity contribution >= 4 is 23.5 Å². The van der Waals surface area contributed by atoms with Gasteiger partial charge in [-0.15, -0.1) is 0 Å². The molecule has 1 amide bonds. The summed E-state index contributed by atoms with van der Waals surface area (Å²) in [6.07, 6.45) is 5.35. The third-order valence-electron chi connectivity index (χ3n) is 4.99. The van der Waals surface area contributed by atoms with E-state index in [0.717, 1.165) is 19.4 Å². The largest absolute Gasteiger partial charge is 0.480 e. The molecule has 2 N–H and O–H groups in total. The summed E-state index contributed by atoms with van der Waals surface area (Å²) in [6.45, 7) is 4.82. The summed E-state index contributed by atoms with van der Waals surface area (Å²) in [5.74, 6) is 0.237. The number of aliphatic carboxylic acids is 1. The van der Waals surface area contributed by atoms with E-state index in [2.05, 4.69) is 15.3 Å². The number of carboxylic acids is 1. The van der Waals surface area contributed by atoms with Crippen LogP contribution >= 0.6 is 11.6 Å². The molecule has 0 unspecified atom stereocenters. The highest BCUT2D eigenvalue weighted by Crippen LogP contribution is 2.34. The summed E-state index contributed by atoms with van der Waals surface area (Å²) in [5.41, 5.74) is 0.203. The van der Waals surface area contributed by atoms with Crippen LogP contribution in [-0.2, 0) is 4.79 Å². The van der Waals surface area contributed by atoms with Crippen molar-refractivity contribution in [2.24, 2.45) is 5.92 Å². The highest BCUT2D eigenvalue weighted by atomic mass is 35.5. The van der Waals surface area contributed by atoms with Gasteiger partial charge < -0.3 is 10.4 Å². The quantitative estimate of drug-likeness (QED) is 0.718. The lowest BCUT2D eigenvalue weighted by Crippen LogP contribution is -2.55. The zero-order chi connectivity index (χ0) is 18.8. The van der Waals surface area contributed by atoms with Crippen LogP contribution in [0.3, 0.4) is 0 Å². The van der Waals surface area contributed by atoms with Crippen molar-refractivity contribution in [3.8, 4) is 0 Å². The molecule has 7 nitrogen and oxygen atoms in total. The molecule has 0 aliphatic heterocycles. The molecule has 2 fully saturated rings. The van der Waals surface area contributed by atoms with Crippen LogP contribution in [0.15, 0.2) is 6.20 Å². The Morgan fingerprint density at radius 1 is 1.38 bits per heavy atom. The zero-order valence-electron chi connectivity index (χ0n) is 15.1. The molecule has 0 bridgehead atoms. The number of halogens is 1. The van der Waals surface area contributed by atoms with Crippen molar-refractivity contribution in [2.45, 2.75) is 57.5 Å². The van der Waals surface area contributed by atoms with Crippen LogP contribution in [0.2, 0.25) is 5.02 Å². The Balaban J connectivity index is 1.55. The predicted molar refractivity (Wildman–Crippen MR) is 97.3 cm³/mol. The van der Waals surface area contributed by atoms with Gasteiger partial charge in [-0.1, -0.05) is 25.4 Å². The molecule has 1 heterocycles. The molecule has 0 spiro atoms. The van der Waals surface area contributed by atoms with Crippen LogP contribution in [0.1, 0.15) is 61.8 Å². The molecular weight excluding hydrogens is 356 g/mol. The van der Waals surface area contributed by atoms with E-state index in [9.17, 15) is 9.59 Å². The monoisotopic (exact) mass is 380 g/mol. The van der Waals surface area contributed by atoms with Crippen molar-refractivity contribution in [1.82, 2.24) is 20.2 Å². The lowest BCUT2D eigenvalue weighted by atomic mass is 9.85. The highest BCUT2D eigenvalue weighted by molar-refractivity contribution is 6.33. The first-order chi connectivity index (χ1) is 12.3. The average molecular weight is 381 g/mol. The predicted octanol–water partition coefficient (Wildman–Crippen LogP) is 2.31. The van der Waals surface area contributed by atoms with Crippen LogP contribution in [0.4, 0.5) is 0 Å². The molecule has 1 aromatic rings. The van der Waals surface area contributed by atoms with Gasteiger partial charge in [0.15, 0.2) is 0 Å². The van der Waals surface area contributed by atoms with E-state index in [1.54, 1.807) is 0 Å². The van der Waals surface area contributed by atoms with Crippen LogP contribution < -0.4 is 5.32 Å². The van der Waals surface area contributed by atoms with E-state index in [-0.39, 0.29) is 41.2 Å². The fourth-order valence-electron chi connectivity index (χ4n) is 3.22. The molecule has 0 radical (unpaired) electrons. The standard InChI is InChI=1S/C18H25ClN4O3/c1-10(2)17-20-7-14(19)16(22-17)18(26)21-12-5-13(6-12)23(9-15(24)25)8-11-3-4-11/h7,10-13H,3-6,8-9H2,1-2H3,(H,21,26)(H,24,25). The molecule has 2 aliphatic rings. The van der Waals surface area contributed by atoms with Crippen molar-refractivity contribution in [1.29, 1.82) is 0 Å². The normalized spacial score (nSPS) is 22.3. The van der Waals surface area contributed by atoms with Crippen LogP contribution in [0, 0.1) is 5.92 Å². The molecular formula is C18H25ClN4O3. The third kappa shape index (κ3) is 4.71. The number of nitrogens with one attached hydrogen (secondary N) is 1. The first-order valence-corrected chi connectivity index (χ1v) is 9.50. The Morgan fingerprint density at radius 3 is 2.65 bits per heavy atom. The maximum absolute atomic E-state index is 12.5. The molecule has 2 saturated carbocycles. The van der Waals surface area contributed by atoms with Gasteiger partial charge in [0.2, 0.25) is 0 Å². The molecule has 26 heavy (non-hydrogen) atoms. The number of nitrogens with zero attached hydrogens (tertiary/aromatic N) is 3. The van der Waals surface area contributed by atoms with Gasteiger partial charge in [0.25, 0.3) is 5.91 Å². The number of rotatable bonds is 8. The van der Waals surface area contributed by atoms with Crippen LogP contribution in [0.25, 0.3) is 0 Å². The molecule has 0 saturated heterocycles. The van der Waals surface area contributed by atoms with E-state index < -0.39 is 5.97 Å². The summed E-state index contributed by atoms with van der Waals surface area (Å²) in [4.78, 5) is 34.0. The SMILES string of the molecule is CC(C)c1ncc(Cl)c(C(=O)NC2CC(N(CC(=O)O)CC3CC3)C2)n1. The van der Waals surface area contributed by atoms with E-state index in [1.807, 2.05) is 18.7 Å². The molecule has 8 heteroatoms. The summed E-state index contributed by atoms with van der Waals surface area (Å²) in [7, 11) is 0. The molecule has 0 aromatic carbocycles. The van der Waals surface area contributed by atoms with E-state index in [1.165, 1.54) is 19.0 Å². The zero-order valence-corrected chi connectivity index (χ0v) is 15.9. The maximum atomic E-state index is 12.5. The van der Waals surface area contributed by atoms with Gasteiger partial charge in [0.1, 0.15) is 11.5 Å². The van der Waals surface area contributed by atoms with Gasteiger partial charge in [0.05, 0.1) is 17.8 Å². The Labute approximate surface area is 158 Å². The van der Waals surface area contributed by atoms with Gasteiger partial charge in [-0.05, 0) is 31.6 Å². The summed E-state index contributed by atoms with van der Waals surface area (Å²) < 4.78 is 0. The molecule has 0 atom stereocenters. The minimum Gasteiger partial charge on any atom is -0.480 e. The van der Waals surface area contributed by atoms with Crippen molar-refractivity contribution in [3.63, 3.8) is 0 Å². The summed E-state index contributed by atoms with van der Waals surface area (Å²) >= 11 is 6.08. The van der Waals surface area contributed by atoms with Gasteiger partial charge in [-0.2, -0.15) is 0 Å². The Morgan fingerprint density at radius 2 is 2.08 bits per heavy atom. The second-order valence-corrected chi connectivity index (χ2v) is 8.05. The van der Waals surface area contributed by atoms with Crippen LogP contribution in [-0.4, -0.2) is 57.0 Å². The first-order valence-electron chi connectivity index (χ1n) is 9.12. The van der Waals surface area contributed by atoms with Gasteiger partial charge in [0, 0.05) is 24.5 Å². The smallest absolute Gasteiger partial charge is 0.317 e. The first kappa shape index (κ1) is 19.0. The van der Waals surface area contributed by atoms with E-state index >= 15 is 0 Å². The topological polar surface area (TPSA) is 95.4 Å². The molecule has 2 aliphatic carbocycles. The molecule has 142 valence electrons. The fraction of sp³-hybridized carbons (Fsp3) is 0.667. The minimum absolute atomic E-state index is 0.0246. The highest BCUT2D eigenvalue weighted by Gasteiger charge is 2.38. The minimum atomic E-state index is -0.799. The third-order valence-corrected chi connectivity index (χ3v) is 5.26. The second-order valence-electron chi connectivity index (χ2n) is 7.64. The van der Waals surface area contributed by atoms with Crippen molar-refractivity contribution < 1.29 is 14.7 Å². The number of hydrogen-bond acceptors (Lipinski definition) is 5. The number of carbonyl (C=O) groups excluding carboxylic acids is 1. The lowest BCUT2D eigenvalue weighted by Gasteiger charge is -2.42. The lowest BCUT2D eigenvalue weighted by molar-refractivity contribution is -0.139. The van der Waals surface area contributed by atoms with Crippen molar-refractivity contribution in [2.75, 3.05) is 13.1 Å². The molecule has 1 aromatic heterocycles. The van der Waals surface area contributed by atoms with Gasteiger partial charge in [-0.3, -0.25) is 14.5 Å². The Hall–Kier alpha value is -1.73. The number of carboxylic acid groups (broad SMARTS) is 1. The van der Waals surface area contributed by atoms with Crippen LogP contribution in [0.5, 0.6) is 0 Å². The van der Waals surface area contributed by atoms with E-state index in [0.29, 0.717) is 11.7 Å². The summed E-state index contributed by atoms with van der Waals surface area (Å²) in [6, 6.07) is 0.237. The maximum Gasteiger partial charge on any atom is 0.317 e. The number of carbonyl (C=O) groups is 2. The van der Waals surface area contributed by atoms with E-state index in [4.69, 9.17) is 16.7 Å². The second kappa shape index (κ2) is 7.88. The number of amides is 1. The number of hydrogen-bond donors (Lipinski definition) is 2. The Bertz CT molecular complexity index is 687. The average Bonchev–Trinajstić information content (AvgIpc) is 3.33. The summed E-state index contributed by atoms with van der Waals surface area (Å²) in [5, 5.41) is 12.3. The van der Waals surface area contributed by atoms with Gasteiger partial charge in [-0.25, -0.2) is 9.97 Å². The van der Waals surface area contributed by atoms with Gasteiger partial charge >= 0.3 is 5.97 Å². The fourth-order valence-corrected chi connectivity index (χ4v) is 3.40. The van der Waals surface area contributed by atoms with Crippen molar-refractivity contribution in [3.05, 3.63) is 22.7 Å². The molecule has 3 rings (SSSR count). The number of aromatic nitrogens is 2.